The van der Waals surface area contributed by atoms with E-state index >= 15 is 0 Å². The number of benzene rings is 1. The van der Waals surface area contributed by atoms with Gasteiger partial charge in [0, 0.05) is 105 Å². The molecule has 4 amide bonds. The first-order chi connectivity index (χ1) is 25.7. The Labute approximate surface area is 323 Å². The fourth-order valence-electron chi connectivity index (χ4n) is 6.20. The fourth-order valence-corrected chi connectivity index (χ4v) is 6.20. The quantitative estimate of drug-likeness (QED) is 0.136. The molecule has 3 heterocycles. The summed E-state index contributed by atoms with van der Waals surface area (Å²) in [5.41, 5.74) is 5.16. The maximum atomic E-state index is 12.9. The fraction of sp³-hybridized carbons (Fsp3) is 0.744. The third-order valence-corrected chi connectivity index (χ3v) is 9.18. The molecule has 3 aliphatic heterocycles. The van der Waals surface area contributed by atoms with Crippen LogP contribution in [0.1, 0.15) is 81.5 Å². The zero-order valence-corrected chi connectivity index (χ0v) is 33.9. The summed E-state index contributed by atoms with van der Waals surface area (Å²) >= 11 is 0. The Hall–Kier alpha value is -3.34. The van der Waals surface area contributed by atoms with Crippen LogP contribution in [0.4, 0.5) is 9.59 Å². The average Bonchev–Trinajstić information content (AvgIpc) is 3.36. The van der Waals surface area contributed by atoms with E-state index in [1.54, 1.807) is 34.1 Å². The van der Waals surface area contributed by atoms with Gasteiger partial charge in [-0.25, -0.2) is 9.59 Å². The van der Waals surface area contributed by atoms with Crippen molar-refractivity contribution in [2.75, 3.05) is 118 Å². The van der Waals surface area contributed by atoms with Crippen molar-refractivity contribution in [2.24, 2.45) is 5.73 Å². The normalized spacial score (nSPS) is 16.9. The van der Waals surface area contributed by atoms with Crippen molar-refractivity contribution in [3.8, 4) is 0 Å². The Bertz CT molecular complexity index is 1270. The monoisotopic (exact) mass is 760 g/mol. The van der Waals surface area contributed by atoms with E-state index in [0.29, 0.717) is 70.0 Å². The van der Waals surface area contributed by atoms with E-state index in [9.17, 15) is 19.2 Å². The lowest BCUT2D eigenvalue weighted by atomic mass is 10.1. The predicted molar refractivity (Wildman–Crippen MR) is 212 cm³/mol. The average molecular weight is 760 g/mol. The van der Waals surface area contributed by atoms with Crippen LogP contribution in [-0.4, -0.2) is 178 Å². The molecule has 0 atom stereocenters. The molecule has 0 bridgehead atoms. The van der Waals surface area contributed by atoms with E-state index in [1.165, 1.54) is 43.8 Å². The third kappa shape index (κ3) is 16.6. The number of rotatable bonds is 17. The number of nitrogens with two attached hydrogens (primary N) is 1. The predicted octanol–water partition coefficient (Wildman–Crippen LogP) is 2.27. The number of nitrogens with zero attached hydrogens (tertiary/aromatic N) is 5. The summed E-state index contributed by atoms with van der Waals surface area (Å²) in [6, 6.07) is 6.83. The number of hydrogen-bond acceptors (Lipinski definition) is 12. The van der Waals surface area contributed by atoms with Crippen LogP contribution >= 0.6 is 0 Å². The van der Waals surface area contributed by atoms with E-state index in [4.69, 9.17) is 15.2 Å². The number of hydrogen-bond donors (Lipinski definition) is 4. The standard InChI is InChI=1S/C28H43N5O6.C11H26N4/c1-27(2,3)38-25(36)31(18-15-30-16-19-32(20-17-30)26(37)39-28(4,5)6)13-11-29-12-14-33-23(34)21-9-7-8-10-22(21)24(33)35;12-4-2-1-3-5-13-6-9-15-10-7-14-8-11-15/h7-10,29H,11-20H2,1-6H3;13-14H,1-12H2. The zero-order chi connectivity index (χ0) is 39.6. The van der Waals surface area contributed by atoms with Crippen LogP contribution < -0.4 is 21.7 Å². The molecule has 2 fully saturated rings. The van der Waals surface area contributed by atoms with Crippen molar-refractivity contribution in [3.05, 3.63) is 35.4 Å². The minimum Gasteiger partial charge on any atom is -0.444 e. The molecule has 15 nitrogen and oxygen atoms in total. The largest absolute Gasteiger partial charge is 0.444 e. The van der Waals surface area contributed by atoms with Crippen LogP contribution in [0.3, 0.4) is 0 Å². The summed E-state index contributed by atoms with van der Waals surface area (Å²) in [4.78, 5) is 59.6. The number of carbonyl (C=O) groups is 4. The number of unbranched alkanes of at least 4 members (excludes halogenated alkanes) is 2. The zero-order valence-electron chi connectivity index (χ0n) is 33.9. The molecule has 4 rings (SSSR count). The van der Waals surface area contributed by atoms with Gasteiger partial charge in [-0.3, -0.25) is 24.3 Å². The Kier molecular flexibility index (Phi) is 19.1. The summed E-state index contributed by atoms with van der Waals surface area (Å²) in [5, 5.41) is 10.1. The van der Waals surface area contributed by atoms with Crippen molar-refractivity contribution in [2.45, 2.75) is 72.0 Å². The molecular formula is C39H69N9O6. The lowest BCUT2D eigenvalue weighted by Gasteiger charge is -2.36. The first-order valence-electron chi connectivity index (χ1n) is 19.9. The Morgan fingerprint density at radius 1 is 0.722 bits per heavy atom. The highest BCUT2D eigenvalue weighted by Crippen LogP contribution is 2.21. The highest BCUT2D eigenvalue weighted by molar-refractivity contribution is 6.21. The first kappa shape index (κ1) is 45.1. The lowest BCUT2D eigenvalue weighted by molar-refractivity contribution is 0.0117. The first-order valence-corrected chi connectivity index (χ1v) is 19.9. The molecule has 0 radical (unpaired) electrons. The van der Waals surface area contributed by atoms with E-state index in [-0.39, 0.29) is 24.5 Å². The number of nitrogens with one attached hydrogen (secondary N) is 3. The van der Waals surface area contributed by atoms with Crippen LogP contribution in [0.25, 0.3) is 0 Å². The maximum Gasteiger partial charge on any atom is 0.410 e. The molecule has 0 saturated carbocycles. The third-order valence-electron chi connectivity index (χ3n) is 9.18. The van der Waals surface area contributed by atoms with Crippen molar-refractivity contribution >= 4 is 24.0 Å². The summed E-state index contributed by atoms with van der Waals surface area (Å²) in [5.74, 6) is -0.556. The molecule has 0 unspecified atom stereocenters. The molecule has 5 N–H and O–H groups in total. The van der Waals surface area contributed by atoms with E-state index in [0.717, 1.165) is 32.7 Å². The van der Waals surface area contributed by atoms with Gasteiger partial charge in [0.05, 0.1) is 11.1 Å². The Balaban J connectivity index is 0.000000437. The van der Waals surface area contributed by atoms with Gasteiger partial charge in [0.25, 0.3) is 11.8 Å². The van der Waals surface area contributed by atoms with Gasteiger partial charge in [0.2, 0.25) is 0 Å². The number of imide groups is 1. The molecule has 0 aliphatic carbocycles. The smallest absolute Gasteiger partial charge is 0.410 e. The van der Waals surface area contributed by atoms with Gasteiger partial charge in [0.15, 0.2) is 0 Å². The van der Waals surface area contributed by atoms with E-state index in [2.05, 4.69) is 25.8 Å². The van der Waals surface area contributed by atoms with Gasteiger partial charge in [-0.2, -0.15) is 0 Å². The van der Waals surface area contributed by atoms with Gasteiger partial charge in [0.1, 0.15) is 11.2 Å². The van der Waals surface area contributed by atoms with Crippen LogP contribution in [0, 0.1) is 0 Å². The van der Waals surface area contributed by atoms with Gasteiger partial charge >= 0.3 is 12.2 Å². The van der Waals surface area contributed by atoms with Gasteiger partial charge in [-0.05, 0) is 79.6 Å². The van der Waals surface area contributed by atoms with E-state index < -0.39 is 17.3 Å². The molecule has 0 spiro atoms. The second-order valence-electron chi connectivity index (χ2n) is 16.0. The number of piperazine rings is 2. The molecule has 306 valence electrons. The number of carbonyl (C=O) groups excluding carboxylic acids is 4. The molecule has 2 saturated heterocycles. The van der Waals surface area contributed by atoms with Crippen LogP contribution in [0.15, 0.2) is 24.3 Å². The van der Waals surface area contributed by atoms with Crippen molar-refractivity contribution in [1.82, 2.24) is 40.4 Å². The molecule has 15 heteroatoms. The minimum atomic E-state index is -0.618. The van der Waals surface area contributed by atoms with Crippen molar-refractivity contribution < 1.29 is 28.7 Å². The molecule has 1 aromatic rings. The van der Waals surface area contributed by atoms with Crippen LogP contribution in [0.2, 0.25) is 0 Å². The highest BCUT2D eigenvalue weighted by atomic mass is 16.6. The summed E-state index contributed by atoms with van der Waals surface area (Å²) in [6.07, 6.45) is 3.00. The summed E-state index contributed by atoms with van der Waals surface area (Å²) in [7, 11) is 0. The maximum absolute atomic E-state index is 12.9. The minimum absolute atomic E-state index is 0.251. The highest BCUT2D eigenvalue weighted by Gasteiger charge is 2.34. The molecule has 3 aliphatic rings. The van der Waals surface area contributed by atoms with Crippen molar-refractivity contribution in [1.29, 1.82) is 0 Å². The summed E-state index contributed by atoms with van der Waals surface area (Å²) in [6.45, 7) is 25.3. The second kappa shape index (κ2) is 22.9. The molecule has 1 aromatic carbocycles. The molecule has 54 heavy (non-hydrogen) atoms. The van der Waals surface area contributed by atoms with Crippen molar-refractivity contribution in [3.63, 3.8) is 0 Å². The van der Waals surface area contributed by atoms with Gasteiger partial charge in [-0.15, -0.1) is 0 Å². The molecular weight excluding hydrogens is 690 g/mol. The van der Waals surface area contributed by atoms with Crippen LogP contribution in [0.5, 0.6) is 0 Å². The SMILES string of the molecule is CC(C)(C)OC(=O)N(CCNCCN1C(=O)c2ccccc2C1=O)CCN1CCN(C(=O)OC(C)(C)C)CC1.NCCCCCNCCN1CCNCC1. The second-order valence-corrected chi connectivity index (χ2v) is 16.0. The summed E-state index contributed by atoms with van der Waals surface area (Å²) < 4.78 is 11.1. The van der Waals surface area contributed by atoms with E-state index in [1.807, 2.05) is 41.5 Å². The molecule has 0 aromatic heterocycles. The van der Waals surface area contributed by atoms with Gasteiger partial charge in [-0.1, -0.05) is 18.6 Å². The topological polar surface area (TPSA) is 165 Å². The number of ether oxygens (including phenoxy) is 2. The van der Waals surface area contributed by atoms with Crippen LogP contribution in [-0.2, 0) is 9.47 Å². The number of amides is 4. The Morgan fingerprint density at radius 3 is 1.89 bits per heavy atom. The Morgan fingerprint density at radius 2 is 1.30 bits per heavy atom. The van der Waals surface area contributed by atoms with Gasteiger partial charge < -0.3 is 41.0 Å². The lowest BCUT2D eigenvalue weighted by Crippen LogP contribution is -2.52. The number of fused-ring (bicyclic) bond motifs is 1.